The van der Waals surface area contributed by atoms with E-state index in [0.29, 0.717) is 5.69 Å². The molecule has 0 radical (unpaired) electrons. The second kappa shape index (κ2) is 6.94. The molecule has 2 aromatic heterocycles. The predicted molar refractivity (Wildman–Crippen MR) is 80.3 cm³/mol. The van der Waals surface area contributed by atoms with Crippen molar-refractivity contribution in [1.82, 2.24) is 9.88 Å². The van der Waals surface area contributed by atoms with Gasteiger partial charge in [-0.15, -0.1) is 22.7 Å². The third-order valence-corrected chi connectivity index (χ3v) is 4.53. The number of carbonyl (C=O) groups excluding carboxylic acids is 1. The minimum absolute atomic E-state index is 0.195. The van der Waals surface area contributed by atoms with Gasteiger partial charge in [0.05, 0.1) is 17.6 Å². The van der Waals surface area contributed by atoms with Gasteiger partial charge in [-0.3, -0.25) is 4.79 Å². The van der Waals surface area contributed by atoms with E-state index in [1.165, 1.54) is 23.3 Å². The first kappa shape index (κ1) is 15.1. The molecule has 0 saturated heterocycles. The number of likely N-dealkylation sites (N-methyl/N-ethyl adjacent to an activating group) is 1. The molecule has 1 atom stereocenters. The third-order valence-electron chi connectivity index (χ3n) is 2.65. The molecule has 20 heavy (non-hydrogen) atoms. The van der Waals surface area contributed by atoms with Crippen LogP contribution < -0.4 is 0 Å². The van der Waals surface area contributed by atoms with Gasteiger partial charge < -0.3 is 14.7 Å². The van der Waals surface area contributed by atoms with E-state index in [2.05, 4.69) is 4.98 Å². The lowest BCUT2D eigenvalue weighted by Gasteiger charge is -2.19. The summed E-state index contributed by atoms with van der Waals surface area (Å²) in [6, 6.07) is 3.93. The molecule has 0 fully saturated rings. The quantitative estimate of drug-likeness (QED) is 0.885. The zero-order valence-corrected chi connectivity index (χ0v) is 12.9. The normalized spacial score (nSPS) is 12.3. The Morgan fingerprint density at radius 1 is 1.55 bits per heavy atom. The molecule has 0 spiro atoms. The number of aliphatic hydroxyl groups excluding tert-OH is 1. The number of nitrogens with zero attached hydrogens (tertiary/aromatic N) is 2. The molecule has 0 aromatic carbocycles. The maximum absolute atomic E-state index is 12.2. The van der Waals surface area contributed by atoms with Crippen molar-refractivity contribution in [3.05, 3.63) is 28.6 Å². The van der Waals surface area contributed by atoms with Gasteiger partial charge >= 0.3 is 0 Å². The lowest BCUT2D eigenvalue weighted by Crippen LogP contribution is -2.36. The largest absolute Gasteiger partial charge is 0.389 e. The Morgan fingerprint density at radius 2 is 2.35 bits per heavy atom. The third kappa shape index (κ3) is 3.63. The van der Waals surface area contributed by atoms with Crippen molar-refractivity contribution in [2.45, 2.75) is 6.10 Å². The number of aromatic nitrogens is 1. The van der Waals surface area contributed by atoms with E-state index in [0.717, 1.165) is 9.88 Å². The zero-order chi connectivity index (χ0) is 14.5. The molecule has 108 valence electrons. The van der Waals surface area contributed by atoms with Crippen LogP contribution in [0.3, 0.4) is 0 Å². The van der Waals surface area contributed by atoms with Crippen molar-refractivity contribution in [1.29, 1.82) is 0 Å². The molecule has 5 nitrogen and oxygen atoms in total. The number of ether oxygens (including phenoxy) is 1. The van der Waals surface area contributed by atoms with E-state index in [1.807, 2.05) is 17.5 Å². The smallest absolute Gasteiger partial charge is 0.273 e. The van der Waals surface area contributed by atoms with Crippen LogP contribution in [0.2, 0.25) is 0 Å². The fraction of sp³-hybridized carbons (Fsp3) is 0.385. The average Bonchev–Trinajstić information content (AvgIpc) is 3.08. The van der Waals surface area contributed by atoms with Gasteiger partial charge in [-0.25, -0.2) is 4.98 Å². The number of hydrogen-bond acceptors (Lipinski definition) is 6. The lowest BCUT2D eigenvalue weighted by atomic mass is 10.3. The average molecular weight is 312 g/mol. The first-order valence-corrected chi connectivity index (χ1v) is 7.79. The molecule has 1 N–H and O–H groups in total. The molecule has 0 aliphatic heterocycles. The van der Waals surface area contributed by atoms with Crippen LogP contribution >= 0.6 is 22.7 Å². The van der Waals surface area contributed by atoms with Crippen LogP contribution in [-0.4, -0.2) is 54.3 Å². The summed E-state index contributed by atoms with van der Waals surface area (Å²) in [6.07, 6.45) is -0.690. The SMILES string of the molecule is COCC(O)CN(C)C(=O)c1csc(-c2cccs2)n1. The molecule has 0 aliphatic rings. The Morgan fingerprint density at radius 3 is 3.00 bits per heavy atom. The first-order chi connectivity index (χ1) is 9.61. The fourth-order valence-corrected chi connectivity index (χ4v) is 3.33. The van der Waals surface area contributed by atoms with Crippen LogP contribution in [0.15, 0.2) is 22.9 Å². The number of amides is 1. The van der Waals surface area contributed by atoms with E-state index in [-0.39, 0.29) is 19.1 Å². The number of methoxy groups -OCH3 is 1. The Bertz CT molecular complexity index is 554. The Labute approximate surface area is 125 Å². The lowest BCUT2D eigenvalue weighted by molar-refractivity contribution is 0.0378. The highest BCUT2D eigenvalue weighted by Gasteiger charge is 2.18. The summed E-state index contributed by atoms with van der Waals surface area (Å²) < 4.78 is 4.84. The molecule has 1 amide bonds. The molecular formula is C13H16N2O3S2. The summed E-state index contributed by atoms with van der Waals surface area (Å²) in [6.45, 7) is 0.424. The van der Waals surface area contributed by atoms with E-state index >= 15 is 0 Å². The molecule has 7 heteroatoms. The van der Waals surface area contributed by atoms with Gasteiger partial charge in [0.2, 0.25) is 0 Å². The van der Waals surface area contributed by atoms with Gasteiger partial charge in [-0.05, 0) is 11.4 Å². The Balaban J connectivity index is 2.02. The van der Waals surface area contributed by atoms with Gasteiger partial charge in [0.1, 0.15) is 10.7 Å². The fourth-order valence-electron chi connectivity index (χ4n) is 1.73. The molecular weight excluding hydrogens is 296 g/mol. The van der Waals surface area contributed by atoms with Gasteiger partial charge in [0, 0.05) is 26.1 Å². The van der Waals surface area contributed by atoms with Crippen molar-refractivity contribution in [3.63, 3.8) is 0 Å². The van der Waals surface area contributed by atoms with Crippen molar-refractivity contribution < 1.29 is 14.6 Å². The molecule has 0 aliphatic carbocycles. The van der Waals surface area contributed by atoms with Crippen LogP contribution in [-0.2, 0) is 4.74 Å². The second-order valence-electron chi connectivity index (χ2n) is 4.31. The predicted octanol–water partition coefficient (Wildman–Crippen LogP) is 1.95. The monoisotopic (exact) mass is 312 g/mol. The molecule has 2 heterocycles. The van der Waals surface area contributed by atoms with Gasteiger partial charge in [0.15, 0.2) is 0 Å². The van der Waals surface area contributed by atoms with Crippen LogP contribution in [0.5, 0.6) is 0 Å². The van der Waals surface area contributed by atoms with Crippen molar-refractivity contribution in [3.8, 4) is 9.88 Å². The molecule has 2 rings (SSSR count). The minimum atomic E-state index is -0.690. The van der Waals surface area contributed by atoms with E-state index in [1.54, 1.807) is 23.8 Å². The summed E-state index contributed by atoms with van der Waals surface area (Å²) in [7, 11) is 3.16. The summed E-state index contributed by atoms with van der Waals surface area (Å²) in [4.78, 5) is 19.0. The number of thiazole rings is 1. The zero-order valence-electron chi connectivity index (χ0n) is 11.3. The van der Waals surface area contributed by atoms with Gasteiger partial charge in [-0.2, -0.15) is 0 Å². The summed E-state index contributed by atoms with van der Waals surface area (Å²) in [5, 5.41) is 14.2. The maximum atomic E-state index is 12.2. The van der Waals surface area contributed by atoms with E-state index < -0.39 is 6.10 Å². The standard InChI is InChI=1S/C13H16N2O3S2/c1-15(6-9(16)7-18-2)13(17)10-8-20-12(14-10)11-4-3-5-19-11/h3-5,8-9,16H,6-7H2,1-2H3. The molecule has 1 unspecified atom stereocenters. The van der Waals surface area contributed by atoms with Crippen molar-refractivity contribution in [2.24, 2.45) is 0 Å². The number of carbonyl (C=O) groups is 1. The number of aliphatic hydroxyl groups is 1. The van der Waals surface area contributed by atoms with Gasteiger partial charge in [-0.1, -0.05) is 6.07 Å². The summed E-state index contributed by atoms with van der Waals surface area (Å²) in [5.74, 6) is -0.195. The molecule has 2 aromatic rings. The minimum Gasteiger partial charge on any atom is -0.389 e. The van der Waals surface area contributed by atoms with Crippen LogP contribution in [0, 0.1) is 0 Å². The first-order valence-electron chi connectivity index (χ1n) is 6.03. The highest BCUT2D eigenvalue weighted by Crippen LogP contribution is 2.28. The highest BCUT2D eigenvalue weighted by atomic mass is 32.1. The van der Waals surface area contributed by atoms with E-state index in [9.17, 15) is 9.90 Å². The van der Waals surface area contributed by atoms with Crippen LogP contribution in [0.1, 0.15) is 10.5 Å². The van der Waals surface area contributed by atoms with Crippen molar-refractivity contribution in [2.75, 3.05) is 27.3 Å². The van der Waals surface area contributed by atoms with Gasteiger partial charge in [0.25, 0.3) is 5.91 Å². The number of thiophene rings is 1. The number of hydrogen-bond donors (Lipinski definition) is 1. The van der Waals surface area contributed by atoms with Crippen LogP contribution in [0.25, 0.3) is 9.88 Å². The Kier molecular flexibility index (Phi) is 5.24. The topological polar surface area (TPSA) is 62.7 Å². The highest BCUT2D eigenvalue weighted by molar-refractivity contribution is 7.20. The Hall–Kier alpha value is -1.28. The van der Waals surface area contributed by atoms with Crippen LogP contribution in [0.4, 0.5) is 0 Å². The summed E-state index contributed by atoms with van der Waals surface area (Å²) >= 11 is 3.04. The second-order valence-corrected chi connectivity index (χ2v) is 6.12. The molecule has 0 bridgehead atoms. The van der Waals surface area contributed by atoms with E-state index in [4.69, 9.17) is 4.74 Å². The summed E-state index contributed by atoms with van der Waals surface area (Å²) in [5.41, 5.74) is 0.408. The maximum Gasteiger partial charge on any atom is 0.273 e. The molecule has 0 saturated carbocycles. The van der Waals surface area contributed by atoms with Crippen molar-refractivity contribution >= 4 is 28.6 Å². The number of rotatable bonds is 6.